The topological polar surface area (TPSA) is 99.2 Å². The first-order chi connectivity index (χ1) is 17.7. The molecule has 2 N–H and O–H groups in total. The molecule has 1 aliphatic rings. The molecular formula is C28H30BrN3O5. The molecule has 3 aromatic rings. The molecule has 0 saturated carbocycles. The summed E-state index contributed by atoms with van der Waals surface area (Å²) < 4.78 is 6.64. The summed E-state index contributed by atoms with van der Waals surface area (Å²) in [6.45, 7) is 1.99. The Labute approximate surface area is 224 Å². The minimum absolute atomic E-state index is 0.247. The minimum atomic E-state index is -1.20. The number of carboxylic acid groups (broad SMARTS) is 1. The van der Waals surface area contributed by atoms with Gasteiger partial charge in [0.2, 0.25) is 11.8 Å². The van der Waals surface area contributed by atoms with Gasteiger partial charge in [0.25, 0.3) is 0 Å². The van der Waals surface area contributed by atoms with Gasteiger partial charge in [0.05, 0.1) is 13.7 Å². The van der Waals surface area contributed by atoms with Crippen molar-refractivity contribution in [3.63, 3.8) is 0 Å². The van der Waals surface area contributed by atoms with Gasteiger partial charge in [0, 0.05) is 22.8 Å². The predicted octanol–water partition coefficient (Wildman–Crippen LogP) is 4.96. The maximum Gasteiger partial charge on any atom is 0.407 e. The Morgan fingerprint density at radius 2 is 1.97 bits per heavy atom. The van der Waals surface area contributed by atoms with Crippen molar-refractivity contribution < 1.29 is 24.2 Å². The maximum atomic E-state index is 14.0. The van der Waals surface area contributed by atoms with Gasteiger partial charge in [-0.3, -0.25) is 14.5 Å². The number of hydrogen-bond donors (Lipinski definition) is 2. The molecule has 37 heavy (non-hydrogen) atoms. The third-order valence-electron chi connectivity index (χ3n) is 6.91. The van der Waals surface area contributed by atoms with E-state index in [0.717, 1.165) is 37.0 Å². The molecule has 0 aliphatic carbocycles. The van der Waals surface area contributed by atoms with E-state index in [-0.39, 0.29) is 12.5 Å². The monoisotopic (exact) mass is 567 g/mol. The second-order valence-electron chi connectivity index (χ2n) is 9.08. The van der Waals surface area contributed by atoms with E-state index in [0.29, 0.717) is 25.0 Å². The van der Waals surface area contributed by atoms with Crippen LogP contribution in [-0.2, 0) is 22.6 Å². The summed E-state index contributed by atoms with van der Waals surface area (Å²) in [4.78, 5) is 41.2. The van der Waals surface area contributed by atoms with Gasteiger partial charge in [-0.2, -0.15) is 0 Å². The van der Waals surface area contributed by atoms with Crippen molar-refractivity contribution in [3.8, 4) is 5.75 Å². The lowest BCUT2D eigenvalue weighted by molar-refractivity contribution is -0.130. The number of carbonyl (C=O) groups excluding carboxylic acids is 2. The number of nitrogens with zero attached hydrogens (tertiary/aromatic N) is 2. The molecule has 0 saturated heterocycles. The Hall–Kier alpha value is -3.59. The highest BCUT2D eigenvalue weighted by molar-refractivity contribution is 9.10. The van der Waals surface area contributed by atoms with Gasteiger partial charge in [-0.05, 0) is 59.9 Å². The fourth-order valence-corrected chi connectivity index (χ4v) is 5.29. The Morgan fingerprint density at radius 3 is 2.68 bits per heavy atom. The number of ether oxygens (including phenoxy) is 1. The Balaban J connectivity index is 1.72. The fraction of sp³-hybridized carbons (Fsp3) is 0.321. The molecule has 3 amide bonds. The Kier molecular flexibility index (Phi) is 8.02. The Bertz CT molecular complexity index is 1340. The van der Waals surface area contributed by atoms with Gasteiger partial charge < -0.3 is 20.1 Å². The average molecular weight is 568 g/mol. The molecule has 0 aromatic heterocycles. The molecule has 1 heterocycles. The lowest BCUT2D eigenvalue weighted by atomic mass is 10.0. The number of nitrogens with one attached hydrogen (secondary N) is 1. The zero-order chi connectivity index (χ0) is 26.7. The standard InChI is InChI=1S/C28H30BrN3O5/c1-4-23(31(2)28(35)36)26(33)30-22-13-9-17-7-5-6-8-24(17)32(27(22)34)16-21-20-12-11-19(29)15-18(20)10-14-25(21)37-3/h5-8,10-12,14-15,22-23H,4,9,13,16H2,1-3H3,(H,30,33)(H,35,36)/t22-,23-/m0/s1. The molecule has 0 spiro atoms. The van der Waals surface area contributed by atoms with E-state index in [1.807, 2.05) is 54.6 Å². The zero-order valence-electron chi connectivity index (χ0n) is 21.0. The number of hydrogen-bond acceptors (Lipinski definition) is 4. The number of halogens is 1. The first-order valence-corrected chi connectivity index (χ1v) is 12.9. The average Bonchev–Trinajstić information content (AvgIpc) is 3.01. The van der Waals surface area contributed by atoms with E-state index in [1.54, 1.807) is 18.9 Å². The summed E-state index contributed by atoms with van der Waals surface area (Å²) in [6.07, 6.45) is 0.0970. The van der Waals surface area contributed by atoms with Crippen LogP contribution in [0.4, 0.5) is 10.5 Å². The van der Waals surface area contributed by atoms with Crippen LogP contribution < -0.4 is 15.0 Å². The third-order valence-corrected chi connectivity index (χ3v) is 7.40. The molecule has 9 heteroatoms. The number of aryl methyl sites for hydroxylation is 1. The highest BCUT2D eigenvalue weighted by Gasteiger charge is 2.34. The van der Waals surface area contributed by atoms with Crippen LogP contribution in [0.5, 0.6) is 5.75 Å². The van der Waals surface area contributed by atoms with Gasteiger partial charge in [-0.1, -0.05) is 53.2 Å². The zero-order valence-corrected chi connectivity index (χ0v) is 22.6. The largest absolute Gasteiger partial charge is 0.496 e. The van der Waals surface area contributed by atoms with E-state index in [1.165, 1.54) is 7.05 Å². The summed E-state index contributed by atoms with van der Waals surface area (Å²) in [6, 6.07) is 15.9. The van der Waals surface area contributed by atoms with Crippen molar-refractivity contribution in [1.82, 2.24) is 10.2 Å². The normalized spacial score (nSPS) is 16.1. The molecule has 0 fully saturated rings. The van der Waals surface area contributed by atoms with Crippen molar-refractivity contribution in [1.29, 1.82) is 0 Å². The first kappa shape index (κ1) is 26.5. The molecule has 0 unspecified atom stereocenters. The molecule has 3 aromatic carbocycles. The van der Waals surface area contributed by atoms with E-state index in [9.17, 15) is 19.5 Å². The van der Waals surface area contributed by atoms with Crippen molar-refractivity contribution in [2.75, 3.05) is 19.1 Å². The Morgan fingerprint density at radius 1 is 1.22 bits per heavy atom. The number of benzene rings is 3. The van der Waals surface area contributed by atoms with Gasteiger partial charge in [0.15, 0.2) is 0 Å². The second kappa shape index (κ2) is 11.2. The lowest BCUT2D eigenvalue weighted by Crippen LogP contribution is -2.54. The van der Waals surface area contributed by atoms with Gasteiger partial charge in [-0.25, -0.2) is 4.79 Å². The fourth-order valence-electron chi connectivity index (χ4n) is 4.91. The summed E-state index contributed by atoms with van der Waals surface area (Å²) in [5, 5.41) is 14.2. The number of methoxy groups -OCH3 is 1. The maximum absolute atomic E-state index is 14.0. The van der Waals surface area contributed by atoms with Crippen molar-refractivity contribution >= 4 is 50.3 Å². The number of anilines is 1. The molecule has 8 nitrogen and oxygen atoms in total. The highest BCUT2D eigenvalue weighted by Crippen LogP contribution is 2.35. The quantitative estimate of drug-likeness (QED) is 0.420. The molecule has 194 valence electrons. The van der Waals surface area contributed by atoms with Crippen LogP contribution in [-0.4, -0.2) is 54.2 Å². The molecule has 0 bridgehead atoms. The van der Waals surface area contributed by atoms with Crippen molar-refractivity contribution in [2.24, 2.45) is 0 Å². The summed E-state index contributed by atoms with van der Waals surface area (Å²) in [7, 11) is 2.97. The number of amides is 3. The van der Waals surface area contributed by atoms with Crippen LogP contribution in [0.15, 0.2) is 59.1 Å². The van der Waals surface area contributed by atoms with Gasteiger partial charge >= 0.3 is 6.09 Å². The second-order valence-corrected chi connectivity index (χ2v) is 10.00. The number of fused-ring (bicyclic) bond motifs is 2. The van der Waals surface area contributed by atoms with Crippen LogP contribution in [0.3, 0.4) is 0 Å². The van der Waals surface area contributed by atoms with Gasteiger partial charge in [0.1, 0.15) is 17.8 Å². The molecule has 0 radical (unpaired) electrons. The molecule has 2 atom stereocenters. The summed E-state index contributed by atoms with van der Waals surface area (Å²) in [5.41, 5.74) is 2.65. The number of carbonyl (C=O) groups is 3. The van der Waals surface area contributed by atoms with Crippen molar-refractivity contribution in [3.05, 3.63) is 70.2 Å². The summed E-state index contributed by atoms with van der Waals surface area (Å²) >= 11 is 3.52. The van der Waals surface area contributed by atoms with Crippen LogP contribution in [0, 0.1) is 0 Å². The van der Waals surface area contributed by atoms with E-state index in [2.05, 4.69) is 21.2 Å². The van der Waals surface area contributed by atoms with E-state index < -0.39 is 24.1 Å². The SMILES string of the molecule is CC[C@@H](C(=O)N[C@H]1CCc2ccccc2N(Cc2c(OC)ccc3cc(Br)ccc23)C1=O)N(C)C(=O)O. The van der Waals surface area contributed by atoms with Crippen LogP contribution in [0.2, 0.25) is 0 Å². The predicted molar refractivity (Wildman–Crippen MR) is 146 cm³/mol. The number of para-hydroxylation sites is 1. The van der Waals surface area contributed by atoms with Crippen LogP contribution in [0.25, 0.3) is 10.8 Å². The highest BCUT2D eigenvalue weighted by atomic mass is 79.9. The van der Waals surface area contributed by atoms with E-state index >= 15 is 0 Å². The summed E-state index contributed by atoms with van der Waals surface area (Å²) in [5.74, 6) is -0.0642. The smallest absolute Gasteiger partial charge is 0.407 e. The third kappa shape index (κ3) is 5.41. The molecular weight excluding hydrogens is 538 g/mol. The van der Waals surface area contributed by atoms with Crippen LogP contribution >= 0.6 is 15.9 Å². The number of rotatable bonds is 7. The lowest BCUT2D eigenvalue weighted by Gasteiger charge is -2.29. The van der Waals surface area contributed by atoms with E-state index in [4.69, 9.17) is 4.74 Å². The minimum Gasteiger partial charge on any atom is -0.496 e. The van der Waals surface area contributed by atoms with Crippen LogP contribution in [0.1, 0.15) is 30.9 Å². The first-order valence-electron chi connectivity index (χ1n) is 12.2. The van der Waals surface area contributed by atoms with Crippen molar-refractivity contribution in [2.45, 2.75) is 44.8 Å². The van der Waals surface area contributed by atoms with Gasteiger partial charge in [-0.15, -0.1) is 0 Å². The molecule has 1 aliphatic heterocycles. The molecule has 4 rings (SSSR count). The number of likely N-dealkylation sites (N-methyl/N-ethyl adjacent to an activating group) is 1.